The van der Waals surface area contributed by atoms with E-state index in [1.54, 1.807) is 11.3 Å². The normalized spacial score (nSPS) is 13.0. The summed E-state index contributed by atoms with van der Waals surface area (Å²) >= 11 is 1.70. The van der Waals surface area contributed by atoms with E-state index in [2.05, 4.69) is 76.9 Å². The molecule has 0 saturated carbocycles. The van der Waals surface area contributed by atoms with Crippen molar-refractivity contribution in [2.24, 2.45) is 0 Å². The molecule has 0 aliphatic rings. The van der Waals surface area contributed by atoms with Gasteiger partial charge in [-0.1, -0.05) is 65.8 Å². The summed E-state index contributed by atoms with van der Waals surface area (Å²) in [4.78, 5) is 9.49. The molecule has 0 radical (unpaired) electrons. The molecule has 2 aromatic carbocycles. The van der Waals surface area contributed by atoms with Gasteiger partial charge in [-0.2, -0.15) is 0 Å². The Balaban J connectivity index is 1.76. The van der Waals surface area contributed by atoms with E-state index in [1.807, 2.05) is 6.07 Å². The minimum Gasteiger partial charge on any atom is -0.440 e. The maximum Gasteiger partial charge on any atom is 0.200 e. The molecule has 26 heavy (non-hydrogen) atoms. The quantitative estimate of drug-likeness (QED) is 0.377. The van der Waals surface area contributed by atoms with Crippen molar-refractivity contribution in [3.63, 3.8) is 0 Å². The topological polar surface area (TPSA) is 38.9 Å². The number of hydrogen-bond donors (Lipinski definition) is 0. The first-order valence-corrected chi connectivity index (χ1v) is 9.75. The van der Waals surface area contributed by atoms with Crippen molar-refractivity contribution in [2.75, 3.05) is 0 Å². The van der Waals surface area contributed by atoms with E-state index in [4.69, 9.17) is 9.40 Å². The van der Waals surface area contributed by atoms with E-state index in [0.717, 1.165) is 37.8 Å². The van der Waals surface area contributed by atoms with E-state index < -0.39 is 0 Å². The number of rotatable bonds is 1. The smallest absolute Gasteiger partial charge is 0.200 e. The van der Waals surface area contributed by atoms with Crippen LogP contribution in [0.15, 0.2) is 40.8 Å². The van der Waals surface area contributed by atoms with Crippen LogP contribution in [0.4, 0.5) is 0 Å². The molecule has 3 nitrogen and oxygen atoms in total. The molecule has 0 atom stereocenters. The molecule has 4 aromatic rings. The third-order valence-electron chi connectivity index (χ3n) is 4.54. The van der Waals surface area contributed by atoms with Gasteiger partial charge in [-0.15, -0.1) is 11.3 Å². The van der Waals surface area contributed by atoms with Crippen LogP contribution in [0.3, 0.4) is 0 Å². The molecule has 0 unspecified atom stereocenters. The Morgan fingerprint density at radius 3 is 2.12 bits per heavy atom. The van der Waals surface area contributed by atoms with Gasteiger partial charge in [-0.25, -0.2) is 9.97 Å². The lowest BCUT2D eigenvalue weighted by molar-refractivity contribution is 0.411. The molecule has 134 valence electrons. The van der Waals surface area contributed by atoms with Crippen molar-refractivity contribution in [3.05, 3.63) is 47.9 Å². The maximum absolute atomic E-state index is 5.96. The first kappa shape index (κ1) is 17.2. The predicted molar refractivity (Wildman–Crippen MR) is 110 cm³/mol. The lowest BCUT2D eigenvalue weighted by atomic mass is 9.87. The number of thiazole rings is 1. The number of aromatic nitrogens is 2. The number of benzene rings is 2. The monoisotopic (exact) mass is 364 g/mol. The van der Waals surface area contributed by atoms with Gasteiger partial charge < -0.3 is 4.42 Å². The number of fused-ring (bicyclic) bond motifs is 2. The fraction of sp³-hybridized carbons (Fsp3) is 0.364. The summed E-state index contributed by atoms with van der Waals surface area (Å²) in [5.74, 6) is 0.767. The second-order valence-corrected chi connectivity index (χ2v) is 9.93. The minimum absolute atomic E-state index is 0.0974. The zero-order valence-electron chi connectivity index (χ0n) is 16.2. The van der Waals surface area contributed by atoms with Crippen molar-refractivity contribution in [3.8, 4) is 10.6 Å². The standard InChI is InChI=1S/C22H24N2OS/c1-21(2,3)14-9-7-13(8-10-14)19-23-16-11-17-15(12-18(16)26-19)24-20(25-17)22(4,5)6/h7-12H,1-6H3. The van der Waals surface area contributed by atoms with E-state index >= 15 is 0 Å². The first-order chi connectivity index (χ1) is 12.1. The van der Waals surface area contributed by atoms with E-state index in [1.165, 1.54) is 5.56 Å². The highest BCUT2D eigenvalue weighted by Crippen LogP contribution is 2.35. The van der Waals surface area contributed by atoms with E-state index in [9.17, 15) is 0 Å². The number of hydrogen-bond acceptors (Lipinski definition) is 4. The van der Waals surface area contributed by atoms with Crippen molar-refractivity contribution >= 4 is 32.7 Å². The van der Waals surface area contributed by atoms with Gasteiger partial charge in [0.1, 0.15) is 10.5 Å². The lowest BCUT2D eigenvalue weighted by Gasteiger charge is -2.18. The summed E-state index contributed by atoms with van der Waals surface area (Å²) in [6.07, 6.45) is 0. The molecular formula is C22H24N2OS. The highest BCUT2D eigenvalue weighted by atomic mass is 32.1. The first-order valence-electron chi connectivity index (χ1n) is 8.94. The molecule has 0 aliphatic heterocycles. The van der Waals surface area contributed by atoms with Gasteiger partial charge in [-0.05, 0) is 17.0 Å². The SMILES string of the molecule is CC(C)(C)c1ccc(-c2nc3cc4oc(C(C)(C)C)nc4cc3s2)cc1. The van der Waals surface area contributed by atoms with Gasteiger partial charge >= 0.3 is 0 Å². The highest BCUT2D eigenvalue weighted by molar-refractivity contribution is 7.21. The maximum atomic E-state index is 5.96. The van der Waals surface area contributed by atoms with Gasteiger partial charge in [0.05, 0.1) is 10.2 Å². The molecule has 2 heterocycles. The van der Waals surface area contributed by atoms with Crippen molar-refractivity contribution in [2.45, 2.75) is 52.4 Å². The highest BCUT2D eigenvalue weighted by Gasteiger charge is 2.21. The van der Waals surface area contributed by atoms with Gasteiger partial charge in [0.25, 0.3) is 0 Å². The Morgan fingerprint density at radius 2 is 1.50 bits per heavy atom. The second kappa shape index (κ2) is 5.65. The molecule has 0 amide bonds. The van der Waals surface area contributed by atoms with Crippen molar-refractivity contribution in [1.29, 1.82) is 0 Å². The summed E-state index contributed by atoms with van der Waals surface area (Å²) in [5.41, 5.74) is 5.22. The molecule has 0 saturated heterocycles. The largest absolute Gasteiger partial charge is 0.440 e. The van der Waals surface area contributed by atoms with Crippen LogP contribution in [0.5, 0.6) is 0 Å². The van der Waals surface area contributed by atoms with Gasteiger partial charge in [0, 0.05) is 17.0 Å². The van der Waals surface area contributed by atoms with Crippen LogP contribution in [-0.4, -0.2) is 9.97 Å². The van der Waals surface area contributed by atoms with Crippen LogP contribution in [0, 0.1) is 0 Å². The third kappa shape index (κ3) is 3.03. The zero-order chi connectivity index (χ0) is 18.7. The van der Waals surface area contributed by atoms with Crippen LogP contribution in [0.25, 0.3) is 31.9 Å². The molecule has 0 N–H and O–H groups in total. The summed E-state index contributed by atoms with van der Waals surface area (Å²) in [6, 6.07) is 12.8. The Kier molecular flexibility index (Phi) is 3.74. The minimum atomic E-state index is -0.0974. The fourth-order valence-corrected chi connectivity index (χ4v) is 3.89. The lowest BCUT2D eigenvalue weighted by Crippen LogP contribution is -2.10. The summed E-state index contributed by atoms with van der Waals surface area (Å²) in [7, 11) is 0. The molecule has 0 bridgehead atoms. The number of oxazole rings is 1. The van der Waals surface area contributed by atoms with Gasteiger partial charge in [0.15, 0.2) is 5.58 Å². The molecule has 0 fully saturated rings. The van der Waals surface area contributed by atoms with Crippen LogP contribution in [-0.2, 0) is 10.8 Å². The molecule has 0 spiro atoms. The summed E-state index contributed by atoms with van der Waals surface area (Å²) in [6.45, 7) is 13.0. The van der Waals surface area contributed by atoms with Crippen LogP contribution in [0.1, 0.15) is 53.0 Å². The Bertz CT molecular complexity index is 1040. The molecule has 4 rings (SSSR count). The van der Waals surface area contributed by atoms with Crippen LogP contribution < -0.4 is 0 Å². The van der Waals surface area contributed by atoms with E-state index in [-0.39, 0.29) is 10.8 Å². The number of nitrogens with zero attached hydrogens (tertiary/aromatic N) is 2. The van der Waals surface area contributed by atoms with Crippen molar-refractivity contribution in [1.82, 2.24) is 9.97 Å². The van der Waals surface area contributed by atoms with Crippen molar-refractivity contribution < 1.29 is 4.42 Å². The van der Waals surface area contributed by atoms with Crippen LogP contribution >= 0.6 is 11.3 Å². The molecule has 0 aliphatic carbocycles. The van der Waals surface area contributed by atoms with Gasteiger partial charge in [-0.3, -0.25) is 0 Å². The fourth-order valence-electron chi connectivity index (χ4n) is 2.91. The Hall–Kier alpha value is -2.20. The average Bonchev–Trinajstić information content (AvgIpc) is 3.14. The van der Waals surface area contributed by atoms with Crippen LogP contribution in [0.2, 0.25) is 0 Å². The molecule has 2 aromatic heterocycles. The Labute approximate surface area is 158 Å². The molecule has 4 heteroatoms. The second-order valence-electron chi connectivity index (χ2n) is 8.90. The third-order valence-corrected chi connectivity index (χ3v) is 5.60. The van der Waals surface area contributed by atoms with E-state index in [0.29, 0.717) is 0 Å². The zero-order valence-corrected chi connectivity index (χ0v) is 17.0. The van der Waals surface area contributed by atoms with Gasteiger partial charge in [0.2, 0.25) is 5.89 Å². The average molecular weight is 365 g/mol. The summed E-state index contributed by atoms with van der Waals surface area (Å²) < 4.78 is 7.10. The summed E-state index contributed by atoms with van der Waals surface area (Å²) in [5, 5.41) is 1.03. The molecular weight excluding hydrogens is 340 g/mol. The predicted octanol–water partition coefficient (Wildman–Crippen LogP) is 6.70. The Morgan fingerprint density at radius 1 is 0.808 bits per heavy atom.